The van der Waals surface area contributed by atoms with Crippen molar-refractivity contribution in [2.24, 2.45) is 0 Å². The zero-order valence-corrected chi connectivity index (χ0v) is 13.9. The molecule has 0 amide bonds. The van der Waals surface area contributed by atoms with Gasteiger partial charge in [-0.15, -0.1) is 0 Å². The Bertz CT molecular complexity index is 915. The predicted molar refractivity (Wildman–Crippen MR) is 86.2 cm³/mol. The molecule has 0 N–H and O–H groups in total. The summed E-state index contributed by atoms with van der Waals surface area (Å²) in [6.07, 6.45) is 0. The lowest BCUT2D eigenvalue weighted by Crippen LogP contribution is -1.98. The van der Waals surface area contributed by atoms with E-state index >= 15 is 0 Å². The van der Waals surface area contributed by atoms with Crippen molar-refractivity contribution < 1.29 is 0 Å². The molecule has 0 aliphatic rings. The molecular weight excluding hydrogens is 384 g/mol. The first-order valence-corrected chi connectivity index (χ1v) is 7.66. The molecule has 4 aromatic rings. The van der Waals surface area contributed by atoms with Gasteiger partial charge in [-0.1, -0.05) is 0 Å². The van der Waals surface area contributed by atoms with Crippen molar-refractivity contribution in [1.82, 2.24) is 19.9 Å². The van der Waals surface area contributed by atoms with Crippen LogP contribution in [0.15, 0.2) is 21.1 Å². The molecular formula is C14H8Br2N4. The van der Waals surface area contributed by atoms with Gasteiger partial charge in [0.1, 0.15) is 11.6 Å². The highest BCUT2D eigenvalue weighted by Crippen LogP contribution is 2.38. The zero-order valence-electron chi connectivity index (χ0n) is 10.7. The van der Waals surface area contributed by atoms with Crippen LogP contribution < -0.4 is 0 Å². The molecule has 20 heavy (non-hydrogen) atoms. The number of aromatic nitrogens is 4. The maximum Gasteiger partial charge on any atom is 0.126 e. The van der Waals surface area contributed by atoms with Gasteiger partial charge in [0.15, 0.2) is 0 Å². The van der Waals surface area contributed by atoms with Gasteiger partial charge in [0, 0.05) is 19.7 Å². The Labute approximate surface area is 131 Å². The van der Waals surface area contributed by atoms with Crippen molar-refractivity contribution in [3.05, 3.63) is 32.7 Å². The molecule has 0 atom stereocenters. The Morgan fingerprint density at radius 2 is 1.10 bits per heavy atom. The molecule has 0 aliphatic carbocycles. The minimum atomic E-state index is 0.751. The normalized spacial score (nSPS) is 12.0. The second kappa shape index (κ2) is 4.05. The Kier molecular flexibility index (Phi) is 2.50. The molecule has 0 bridgehead atoms. The average Bonchev–Trinajstić information content (AvgIpc) is 2.37. The number of halogens is 2. The predicted octanol–water partition coefficient (Wildman–Crippen LogP) is 4.31. The molecule has 2 aromatic carbocycles. The van der Waals surface area contributed by atoms with Crippen LogP contribution in [0.3, 0.4) is 0 Å². The molecule has 0 fully saturated rings. The largest absolute Gasteiger partial charge is 0.233 e. The summed E-state index contributed by atoms with van der Waals surface area (Å²) < 4.78 is 1.87. The van der Waals surface area contributed by atoms with Crippen molar-refractivity contribution in [2.75, 3.05) is 0 Å². The van der Waals surface area contributed by atoms with Gasteiger partial charge in [0.2, 0.25) is 0 Å². The molecule has 4 rings (SSSR count). The first-order chi connectivity index (χ1) is 9.54. The highest BCUT2D eigenvalue weighted by atomic mass is 79.9. The summed E-state index contributed by atoms with van der Waals surface area (Å²) in [5.41, 5.74) is 3.63. The van der Waals surface area contributed by atoms with Crippen LogP contribution in [-0.4, -0.2) is 19.9 Å². The molecule has 4 nitrogen and oxygen atoms in total. The zero-order chi connectivity index (χ0) is 14.0. The van der Waals surface area contributed by atoms with Gasteiger partial charge < -0.3 is 0 Å². The molecule has 0 saturated carbocycles. The summed E-state index contributed by atoms with van der Waals surface area (Å²) in [4.78, 5) is 18.2. The fourth-order valence-electron chi connectivity index (χ4n) is 2.61. The number of benzene rings is 2. The Hall–Kier alpha value is -1.40. The van der Waals surface area contributed by atoms with Crippen LogP contribution in [0, 0.1) is 13.8 Å². The van der Waals surface area contributed by atoms with Crippen molar-refractivity contribution in [2.45, 2.75) is 13.8 Å². The minimum absolute atomic E-state index is 0.751. The summed E-state index contributed by atoms with van der Waals surface area (Å²) in [5, 5.41) is 2.02. The fraction of sp³-hybridized carbons (Fsp3) is 0.143. The van der Waals surface area contributed by atoms with Gasteiger partial charge in [-0.05, 0) is 57.8 Å². The van der Waals surface area contributed by atoms with Crippen LogP contribution in [0.1, 0.15) is 11.6 Å². The van der Waals surface area contributed by atoms with Crippen LogP contribution in [0.2, 0.25) is 0 Å². The van der Waals surface area contributed by atoms with E-state index in [1.807, 2.05) is 26.0 Å². The van der Waals surface area contributed by atoms with Crippen LogP contribution >= 0.6 is 31.9 Å². The fourth-order valence-corrected chi connectivity index (χ4v) is 3.62. The molecule has 2 heterocycles. The maximum atomic E-state index is 4.55. The maximum absolute atomic E-state index is 4.55. The van der Waals surface area contributed by atoms with Gasteiger partial charge in [0.05, 0.1) is 22.1 Å². The van der Waals surface area contributed by atoms with E-state index in [2.05, 4.69) is 51.8 Å². The molecule has 98 valence electrons. The van der Waals surface area contributed by atoms with Gasteiger partial charge in [-0.25, -0.2) is 19.9 Å². The smallest absolute Gasteiger partial charge is 0.126 e. The van der Waals surface area contributed by atoms with E-state index in [4.69, 9.17) is 0 Å². The summed E-state index contributed by atoms with van der Waals surface area (Å²) in [5.74, 6) is 1.50. The molecule has 0 unspecified atom stereocenters. The quantitative estimate of drug-likeness (QED) is 0.419. The second-order valence-corrected chi connectivity index (χ2v) is 6.45. The number of hydrogen-bond acceptors (Lipinski definition) is 4. The van der Waals surface area contributed by atoms with Crippen LogP contribution in [0.4, 0.5) is 0 Å². The monoisotopic (exact) mass is 390 g/mol. The van der Waals surface area contributed by atoms with E-state index in [1.165, 1.54) is 0 Å². The van der Waals surface area contributed by atoms with E-state index in [-0.39, 0.29) is 0 Å². The Morgan fingerprint density at radius 3 is 1.50 bits per heavy atom. The summed E-state index contributed by atoms with van der Waals surface area (Å²) in [6.45, 7) is 3.80. The SMILES string of the molecule is Cc1nc2cc(Br)c3nc(C)nc4cc(Br)c(n1)c2c43. The number of hydrogen-bond donors (Lipinski definition) is 0. The van der Waals surface area contributed by atoms with Crippen molar-refractivity contribution >= 4 is 64.7 Å². The molecule has 0 aliphatic heterocycles. The number of rotatable bonds is 0. The minimum Gasteiger partial charge on any atom is -0.233 e. The van der Waals surface area contributed by atoms with Gasteiger partial charge in [-0.3, -0.25) is 0 Å². The van der Waals surface area contributed by atoms with Crippen LogP contribution in [0.25, 0.3) is 32.8 Å². The molecule has 0 spiro atoms. The van der Waals surface area contributed by atoms with E-state index in [9.17, 15) is 0 Å². The number of nitrogens with zero attached hydrogens (tertiary/aromatic N) is 4. The lowest BCUT2D eigenvalue weighted by Gasteiger charge is -2.12. The van der Waals surface area contributed by atoms with E-state index < -0.39 is 0 Å². The van der Waals surface area contributed by atoms with Crippen molar-refractivity contribution in [3.63, 3.8) is 0 Å². The molecule has 0 radical (unpaired) electrons. The topological polar surface area (TPSA) is 51.6 Å². The average molecular weight is 392 g/mol. The van der Waals surface area contributed by atoms with Gasteiger partial charge >= 0.3 is 0 Å². The third-order valence-corrected chi connectivity index (χ3v) is 4.54. The van der Waals surface area contributed by atoms with Crippen LogP contribution in [-0.2, 0) is 0 Å². The van der Waals surface area contributed by atoms with Gasteiger partial charge in [0.25, 0.3) is 0 Å². The third kappa shape index (κ3) is 1.58. The van der Waals surface area contributed by atoms with Crippen molar-refractivity contribution in [1.29, 1.82) is 0 Å². The summed E-state index contributed by atoms with van der Waals surface area (Å²) >= 11 is 7.18. The van der Waals surface area contributed by atoms with Crippen molar-refractivity contribution in [3.8, 4) is 0 Å². The molecule has 2 aromatic heterocycles. The van der Waals surface area contributed by atoms with Gasteiger partial charge in [-0.2, -0.15) is 0 Å². The Morgan fingerprint density at radius 1 is 0.700 bits per heavy atom. The van der Waals surface area contributed by atoms with E-state index in [0.29, 0.717) is 0 Å². The highest BCUT2D eigenvalue weighted by molar-refractivity contribution is 9.11. The lowest BCUT2D eigenvalue weighted by atomic mass is 10.0. The van der Waals surface area contributed by atoms with Crippen LogP contribution in [0.5, 0.6) is 0 Å². The lowest BCUT2D eigenvalue weighted by molar-refractivity contribution is 1.10. The summed E-state index contributed by atoms with van der Waals surface area (Å²) in [6, 6.07) is 4.00. The third-order valence-electron chi connectivity index (χ3n) is 3.33. The standard InChI is InChI=1S/C14H8Br2N4/c1-5-17-9-3-8(16)14-12-10(18-6(2)20-14)4-7(15)13(19-5)11(9)12/h3-4H,1-2H3. The Balaban J connectivity index is 2.45. The first kappa shape index (κ1) is 12.3. The molecule has 6 heteroatoms. The van der Waals surface area contributed by atoms with E-state index in [0.717, 1.165) is 53.4 Å². The second-order valence-electron chi connectivity index (χ2n) is 4.74. The van der Waals surface area contributed by atoms with E-state index in [1.54, 1.807) is 0 Å². The highest BCUT2D eigenvalue weighted by Gasteiger charge is 2.17. The first-order valence-electron chi connectivity index (χ1n) is 6.07. The number of aryl methyl sites for hydroxylation is 2. The summed E-state index contributed by atoms with van der Waals surface area (Å²) in [7, 11) is 0. The molecule has 0 saturated heterocycles.